The van der Waals surface area contributed by atoms with Crippen molar-refractivity contribution in [3.05, 3.63) is 0 Å². The van der Waals surface area contributed by atoms with Crippen LogP contribution >= 0.6 is 0 Å². The molecule has 4 heteroatoms. The van der Waals surface area contributed by atoms with Crippen LogP contribution in [0.4, 0.5) is 0 Å². The molecule has 0 aromatic carbocycles. The van der Waals surface area contributed by atoms with Crippen LogP contribution in [-0.4, -0.2) is 35.8 Å². The highest BCUT2D eigenvalue weighted by Gasteiger charge is 2.29. The maximum Gasteiger partial charge on any atom is 0.239 e. The van der Waals surface area contributed by atoms with Gasteiger partial charge in [-0.15, -0.1) is 0 Å². The molecule has 0 spiro atoms. The van der Waals surface area contributed by atoms with Crippen molar-refractivity contribution in [1.82, 2.24) is 10.2 Å². The Balaban J connectivity index is 2.66. The van der Waals surface area contributed by atoms with Crippen molar-refractivity contribution >= 4 is 11.8 Å². The Morgan fingerprint density at radius 3 is 2.10 bits per heavy atom. The number of hydrogen-bond donors (Lipinski definition) is 1. The van der Waals surface area contributed by atoms with Crippen molar-refractivity contribution in [2.75, 3.05) is 13.1 Å². The quantitative estimate of drug-likeness (QED) is 0.278. The highest BCUT2D eigenvalue weighted by atomic mass is 16.2. The van der Waals surface area contributed by atoms with Crippen LogP contribution in [0.3, 0.4) is 0 Å². The summed E-state index contributed by atoms with van der Waals surface area (Å²) in [6, 6.07) is 0.240. The van der Waals surface area contributed by atoms with E-state index in [-0.39, 0.29) is 30.3 Å². The van der Waals surface area contributed by atoms with Crippen molar-refractivity contribution in [3.63, 3.8) is 0 Å². The first-order valence-electron chi connectivity index (χ1n) is 13.0. The normalized spacial score (nSPS) is 16.2. The van der Waals surface area contributed by atoms with Crippen LogP contribution in [0.1, 0.15) is 118 Å². The molecule has 1 fully saturated rings. The molecule has 0 bridgehead atoms. The van der Waals surface area contributed by atoms with Gasteiger partial charge in [0.1, 0.15) is 0 Å². The standard InChI is InChI=1S/C26H50N2O2/c1-6-9-10-11-12-18-28(20-25(29)27-24(14-7-2)15-8-3)26(30)22(5)21(4)19-23-16-13-17-23/h21-24H,6-20H2,1-5H3,(H,27,29). The van der Waals surface area contributed by atoms with Gasteiger partial charge in [0.15, 0.2) is 0 Å². The predicted molar refractivity (Wildman–Crippen MR) is 127 cm³/mol. The summed E-state index contributed by atoms with van der Waals surface area (Å²) in [5, 5.41) is 3.20. The summed E-state index contributed by atoms with van der Waals surface area (Å²) in [6.45, 7) is 11.8. The summed E-state index contributed by atoms with van der Waals surface area (Å²) in [5.41, 5.74) is 0. The maximum absolute atomic E-state index is 13.3. The molecule has 1 rings (SSSR count). The Labute approximate surface area is 186 Å². The minimum absolute atomic E-state index is 0.00359. The second-order valence-electron chi connectivity index (χ2n) is 9.81. The van der Waals surface area contributed by atoms with Crippen LogP contribution in [-0.2, 0) is 9.59 Å². The molecule has 176 valence electrons. The zero-order chi connectivity index (χ0) is 22.4. The predicted octanol–water partition coefficient (Wildman–Crippen LogP) is 6.33. The average molecular weight is 423 g/mol. The van der Waals surface area contributed by atoms with Gasteiger partial charge in [0.25, 0.3) is 0 Å². The first kappa shape index (κ1) is 27.0. The van der Waals surface area contributed by atoms with Crippen molar-refractivity contribution < 1.29 is 9.59 Å². The lowest BCUT2D eigenvalue weighted by molar-refractivity contribution is -0.140. The number of carbonyl (C=O) groups is 2. The molecule has 0 heterocycles. The molecule has 0 aliphatic heterocycles. The van der Waals surface area contributed by atoms with E-state index in [2.05, 4.69) is 39.9 Å². The van der Waals surface area contributed by atoms with Crippen molar-refractivity contribution in [2.24, 2.45) is 17.8 Å². The van der Waals surface area contributed by atoms with E-state index in [4.69, 9.17) is 0 Å². The third kappa shape index (κ3) is 10.3. The van der Waals surface area contributed by atoms with Crippen molar-refractivity contribution in [3.8, 4) is 0 Å². The van der Waals surface area contributed by atoms with E-state index >= 15 is 0 Å². The van der Waals surface area contributed by atoms with Crippen LogP contribution in [0.25, 0.3) is 0 Å². The van der Waals surface area contributed by atoms with Crippen LogP contribution < -0.4 is 5.32 Å². The topological polar surface area (TPSA) is 49.4 Å². The van der Waals surface area contributed by atoms with Crippen LogP contribution in [0, 0.1) is 17.8 Å². The zero-order valence-corrected chi connectivity index (χ0v) is 20.7. The van der Waals surface area contributed by atoms with E-state index in [9.17, 15) is 9.59 Å². The van der Waals surface area contributed by atoms with Crippen LogP contribution in [0.5, 0.6) is 0 Å². The molecule has 1 saturated carbocycles. The smallest absolute Gasteiger partial charge is 0.239 e. The van der Waals surface area contributed by atoms with Gasteiger partial charge in [-0.3, -0.25) is 9.59 Å². The molecule has 0 saturated heterocycles. The Bertz CT molecular complexity index is 470. The minimum atomic E-state index is -0.00359. The summed E-state index contributed by atoms with van der Waals surface area (Å²) in [6.07, 6.45) is 15.1. The lowest BCUT2D eigenvalue weighted by atomic mass is 9.76. The van der Waals surface area contributed by atoms with Gasteiger partial charge >= 0.3 is 0 Å². The van der Waals surface area contributed by atoms with Gasteiger partial charge in [-0.1, -0.05) is 92.4 Å². The number of nitrogens with one attached hydrogen (secondary N) is 1. The fourth-order valence-electron chi connectivity index (χ4n) is 4.60. The summed E-state index contributed by atoms with van der Waals surface area (Å²) in [4.78, 5) is 27.9. The van der Waals surface area contributed by atoms with Crippen LogP contribution in [0.15, 0.2) is 0 Å². The van der Waals surface area contributed by atoms with Crippen LogP contribution in [0.2, 0.25) is 0 Å². The fourth-order valence-corrected chi connectivity index (χ4v) is 4.60. The monoisotopic (exact) mass is 422 g/mol. The first-order valence-corrected chi connectivity index (χ1v) is 13.0. The van der Waals surface area contributed by atoms with Gasteiger partial charge in [0, 0.05) is 18.5 Å². The molecule has 30 heavy (non-hydrogen) atoms. The largest absolute Gasteiger partial charge is 0.352 e. The lowest BCUT2D eigenvalue weighted by Crippen LogP contribution is -2.46. The summed E-state index contributed by atoms with van der Waals surface area (Å²) >= 11 is 0. The number of hydrogen-bond acceptors (Lipinski definition) is 2. The number of amides is 2. The fraction of sp³-hybridized carbons (Fsp3) is 0.923. The molecular weight excluding hydrogens is 372 g/mol. The molecule has 2 atom stereocenters. The number of carbonyl (C=O) groups excluding carboxylic acids is 2. The molecule has 1 aliphatic carbocycles. The molecule has 0 aromatic rings. The van der Waals surface area contributed by atoms with Gasteiger partial charge < -0.3 is 10.2 Å². The molecule has 4 nitrogen and oxygen atoms in total. The van der Waals surface area contributed by atoms with E-state index < -0.39 is 0 Å². The minimum Gasteiger partial charge on any atom is -0.352 e. The molecular formula is C26H50N2O2. The third-order valence-corrected chi connectivity index (χ3v) is 6.99. The Morgan fingerprint density at radius 2 is 1.57 bits per heavy atom. The van der Waals surface area contributed by atoms with E-state index in [1.165, 1.54) is 38.5 Å². The van der Waals surface area contributed by atoms with E-state index in [0.717, 1.165) is 50.9 Å². The van der Waals surface area contributed by atoms with Gasteiger partial charge in [-0.25, -0.2) is 0 Å². The van der Waals surface area contributed by atoms with E-state index in [1.807, 2.05) is 4.90 Å². The zero-order valence-electron chi connectivity index (χ0n) is 20.7. The number of unbranched alkanes of at least 4 members (excludes halogenated alkanes) is 4. The van der Waals surface area contributed by atoms with Crippen molar-refractivity contribution in [2.45, 2.75) is 124 Å². The Morgan fingerprint density at radius 1 is 0.933 bits per heavy atom. The second-order valence-corrected chi connectivity index (χ2v) is 9.81. The molecule has 0 radical (unpaired) electrons. The molecule has 0 aromatic heterocycles. The number of nitrogens with zero attached hydrogens (tertiary/aromatic N) is 1. The van der Waals surface area contributed by atoms with Gasteiger partial charge in [0.05, 0.1) is 6.54 Å². The lowest BCUT2D eigenvalue weighted by Gasteiger charge is -2.33. The Hall–Kier alpha value is -1.06. The molecule has 2 unspecified atom stereocenters. The first-order chi connectivity index (χ1) is 14.4. The maximum atomic E-state index is 13.3. The third-order valence-electron chi connectivity index (χ3n) is 6.99. The summed E-state index contributed by atoms with van der Waals surface area (Å²) in [7, 11) is 0. The van der Waals surface area contributed by atoms with Gasteiger partial charge in [-0.2, -0.15) is 0 Å². The highest BCUT2D eigenvalue weighted by molar-refractivity contribution is 5.86. The molecule has 1 N–H and O–H groups in total. The van der Waals surface area contributed by atoms with Gasteiger partial charge in [-0.05, 0) is 37.5 Å². The summed E-state index contributed by atoms with van der Waals surface area (Å²) < 4.78 is 0. The highest BCUT2D eigenvalue weighted by Crippen LogP contribution is 2.34. The second kappa shape index (κ2) is 15.7. The van der Waals surface area contributed by atoms with Crippen molar-refractivity contribution in [1.29, 1.82) is 0 Å². The number of rotatable bonds is 17. The molecule has 2 amide bonds. The SMILES string of the molecule is CCCCCCCN(CC(=O)NC(CCC)CCC)C(=O)C(C)C(C)CC1CCC1. The van der Waals surface area contributed by atoms with E-state index in [1.54, 1.807) is 0 Å². The molecule has 1 aliphatic rings. The Kier molecular flexibility index (Phi) is 14.1. The van der Waals surface area contributed by atoms with E-state index in [0.29, 0.717) is 12.5 Å². The average Bonchev–Trinajstić information content (AvgIpc) is 2.68. The summed E-state index contributed by atoms with van der Waals surface area (Å²) in [5.74, 6) is 1.39. The van der Waals surface area contributed by atoms with Gasteiger partial charge in [0.2, 0.25) is 11.8 Å².